The van der Waals surface area contributed by atoms with Crippen molar-refractivity contribution >= 4 is 5.82 Å². The summed E-state index contributed by atoms with van der Waals surface area (Å²) in [5.74, 6) is 0.314. The van der Waals surface area contributed by atoms with Crippen LogP contribution in [0.25, 0.3) is 0 Å². The lowest BCUT2D eigenvalue weighted by Crippen LogP contribution is -2.43. The van der Waals surface area contributed by atoms with Gasteiger partial charge in [0.2, 0.25) is 0 Å². The second kappa shape index (κ2) is 6.54. The van der Waals surface area contributed by atoms with Crippen LogP contribution < -0.4 is 4.90 Å². The van der Waals surface area contributed by atoms with E-state index in [4.69, 9.17) is 4.74 Å². The number of aryl methyl sites for hydroxylation is 1. The largest absolute Gasteiger partial charge is 0.367 e. The SMILES string of the molecule is Cc1nnc(N2CC(C)OC(c3ccc(F)cc3)C2)c(C#N)c1C. The third-order valence-electron chi connectivity index (χ3n) is 4.35. The molecule has 0 radical (unpaired) electrons. The van der Waals surface area contributed by atoms with Crippen molar-refractivity contribution in [2.75, 3.05) is 18.0 Å². The van der Waals surface area contributed by atoms with Crippen molar-refractivity contribution in [1.29, 1.82) is 5.26 Å². The van der Waals surface area contributed by atoms with Crippen molar-refractivity contribution in [3.63, 3.8) is 0 Å². The van der Waals surface area contributed by atoms with Crippen LogP contribution in [0.1, 0.15) is 35.4 Å². The third-order valence-corrected chi connectivity index (χ3v) is 4.35. The lowest BCUT2D eigenvalue weighted by atomic mass is 10.0. The summed E-state index contributed by atoms with van der Waals surface area (Å²) in [6.45, 7) is 6.87. The summed E-state index contributed by atoms with van der Waals surface area (Å²) >= 11 is 0. The molecule has 3 rings (SSSR count). The minimum Gasteiger partial charge on any atom is -0.367 e. The zero-order valence-corrected chi connectivity index (χ0v) is 14.0. The van der Waals surface area contributed by atoms with Gasteiger partial charge >= 0.3 is 0 Å². The van der Waals surface area contributed by atoms with Crippen molar-refractivity contribution in [2.45, 2.75) is 33.0 Å². The molecule has 2 aromatic rings. The van der Waals surface area contributed by atoms with Gasteiger partial charge in [0.15, 0.2) is 5.82 Å². The average Bonchev–Trinajstić information content (AvgIpc) is 2.57. The van der Waals surface area contributed by atoms with Gasteiger partial charge in [-0.1, -0.05) is 12.1 Å². The summed E-state index contributed by atoms with van der Waals surface area (Å²) < 4.78 is 19.1. The normalized spacial score (nSPS) is 20.7. The maximum atomic E-state index is 13.1. The van der Waals surface area contributed by atoms with E-state index in [0.717, 1.165) is 16.8 Å². The highest BCUT2D eigenvalue weighted by atomic mass is 19.1. The van der Waals surface area contributed by atoms with Gasteiger partial charge in [-0.15, -0.1) is 5.10 Å². The predicted octanol–water partition coefficient (Wildman–Crippen LogP) is 3.07. The molecule has 0 spiro atoms. The first-order valence-corrected chi connectivity index (χ1v) is 7.89. The van der Waals surface area contributed by atoms with Crippen LogP contribution in [-0.2, 0) is 4.74 Å². The van der Waals surface area contributed by atoms with Crippen molar-refractivity contribution in [1.82, 2.24) is 10.2 Å². The number of anilines is 1. The van der Waals surface area contributed by atoms with Gasteiger partial charge in [0, 0.05) is 13.1 Å². The first-order valence-electron chi connectivity index (χ1n) is 7.89. The molecule has 1 saturated heterocycles. The van der Waals surface area contributed by atoms with Crippen LogP contribution in [0.3, 0.4) is 0 Å². The Kier molecular flexibility index (Phi) is 4.45. The minimum atomic E-state index is -0.272. The van der Waals surface area contributed by atoms with E-state index in [2.05, 4.69) is 16.3 Å². The zero-order chi connectivity index (χ0) is 17.3. The number of halogens is 1. The number of hydrogen-bond donors (Lipinski definition) is 0. The first kappa shape index (κ1) is 16.3. The van der Waals surface area contributed by atoms with Crippen LogP contribution >= 0.6 is 0 Å². The zero-order valence-electron chi connectivity index (χ0n) is 14.0. The molecule has 1 aliphatic rings. The lowest BCUT2D eigenvalue weighted by molar-refractivity contribution is -0.0177. The van der Waals surface area contributed by atoms with Crippen LogP contribution in [0.15, 0.2) is 24.3 Å². The van der Waals surface area contributed by atoms with E-state index >= 15 is 0 Å². The Labute approximate surface area is 140 Å². The van der Waals surface area contributed by atoms with Crippen LogP contribution in [0.5, 0.6) is 0 Å². The van der Waals surface area contributed by atoms with E-state index in [-0.39, 0.29) is 18.0 Å². The Hall–Kier alpha value is -2.52. The van der Waals surface area contributed by atoms with Crippen LogP contribution in [0, 0.1) is 31.0 Å². The van der Waals surface area contributed by atoms with E-state index in [1.807, 2.05) is 25.7 Å². The first-order chi connectivity index (χ1) is 11.5. The topological polar surface area (TPSA) is 62.0 Å². The lowest BCUT2D eigenvalue weighted by Gasteiger charge is -2.38. The Morgan fingerprint density at radius 3 is 2.58 bits per heavy atom. The third kappa shape index (κ3) is 3.08. The molecule has 0 N–H and O–H groups in total. The molecule has 0 amide bonds. The van der Waals surface area contributed by atoms with E-state index in [1.165, 1.54) is 12.1 Å². The Bertz CT molecular complexity index is 785. The summed E-state index contributed by atoms with van der Waals surface area (Å²) in [5, 5.41) is 17.9. The van der Waals surface area contributed by atoms with Gasteiger partial charge in [-0.3, -0.25) is 0 Å². The summed E-state index contributed by atoms with van der Waals surface area (Å²) in [6.07, 6.45) is -0.243. The molecule has 5 nitrogen and oxygen atoms in total. The Morgan fingerprint density at radius 1 is 1.21 bits per heavy atom. The molecule has 1 aromatic carbocycles. The molecule has 1 fully saturated rings. The second-order valence-electron chi connectivity index (χ2n) is 6.11. The highest BCUT2D eigenvalue weighted by molar-refractivity contribution is 5.58. The number of nitrogens with zero attached hydrogens (tertiary/aromatic N) is 4. The minimum absolute atomic E-state index is 0.0382. The van der Waals surface area contributed by atoms with Gasteiger partial charge in [-0.2, -0.15) is 10.4 Å². The van der Waals surface area contributed by atoms with E-state index in [9.17, 15) is 9.65 Å². The predicted molar refractivity (Wildman–Crippen MR) is 88.1 cm³/mol. The Morgan fingerprint density at radius 2 is 1.92 bits per heavy atom. The van der Waals surface area contributed by atoms with Gasteiger partial charge in [-0.05, 0) is 44.0 Å². The fourth-order valence-corrected chi connectivity index (χ4v) is 2.94. The summed E-state index contributed by atoms with van der Waals surface area (Å²) in [6, 6.07) is 8.56. The molecule has 2 unspecified atom stereocenters. The molecule has 2 atom stereocenters. The van der Waals surface area contributed by atoms with E-state index in [0.29, 0.717) is 24.5 Å². The Balaban J connectivity index is 1.93. The van der Waals surface area contributed by atoms with Crippen LogP contribution in [0.4, 0.5) is 10.2 Å². The van der Waals surface area contributed by atoms with Crippen molar-refractivity contribution in [3.8, 4) is 6.07 Å². The van der Waals surface area contributed by atoms with Crippen molar-refractivity contribution in [3.05, 3.63) is 52.5 Å². The molecule has 1 aromatic heterocycles. The molecule has 6 heteroatoms. The van der Waals surface area contributed by atoms with Crippen LogP contribution in [-0.4, -0.2) is 29.4 Å². The molecular weight excluding hydrogens is 307 g/mol. The second-order valence-corrected chi connectivity index (χ2v) is 6.11. The highest BCUT2D eigenvalue weighted by Gasteiger charge is 2.29. The van der Waals surface area contributed by atoms with Gasteiger partial charge < -0.3 is 9.64 Å². The smallest absolute Gasteiger partial charge is 0.169 e. The average molecular weight is 326 g/mol. The fraction of sp³-hybridized carbons (Fsp3) is 0.389. The van der Waals surface area contributed by atoms with Crippen LogP contribution in [0.2, 0.25) is 0 Å². The van der Waals surface area contributed by atoms with Crippen molar-refractivity contribution in [2.24, 2.45) is 0 Å². The maximum absolute atomic E-state index is 13.1. The molecule has 0 bridgehead atoms. The monoisotopic (exact) mass is 326 g/mol. The fourth-order valence-electron chi connectivity index (χ4n) is 2.94. The van der Waals surface area contributed by atoms with Crippen molar-refractivity contribution < 1.29 is 9.13 Å². The van der Waals surface area contributed by atoms with Gasteiger partial charge in [0.1, 0.15) is 23.6 Å². The summed E-state index contributed by atoms with van der Waals surface area (Å²) in [7, 11) is 0. The molecular formula is C18H19FN4O. The molecule has 1 aliphatic heterocycles. The van der Waals surface area contributed by atoms with E-state index in [1.54, 1.807) is 12.1 Å². The molecule has 2 heterocycles. The highest BCUT2D eigenvalue weighted by Crippen LogP contribution is 2.30. The molecule has 124 valence electrons. The summed E-state index contributed by atoms with van der Waals surface area (Å²) in [5.41, 5.74) is 3.06. The van der Waals surface area contributed by atoms with Gasteiger partial charge in [0.25, 0.3) is 0 Å². The number of aromatic nitrogens is 2. The van der Waals surface area contributed by atoms with E-state index < -0.39 is 0 Å². The summed E-state index contributed by atoms with van der Waals surface area (Å²) in [4.78, 5) is 2.03. The molecule has 0 aliphatic carbocycles. The standard InChI is InChI=1S/C18H19FN4O/c1-11-9-23(18-16(8-20)12(2)13(3)21-22-18)10-17(24-11)14-4-6-15(19)7-5-14/h4-7,11,17H,9-10H2,1-3H3. The maximum Gasteiger partial charge on any atom is 0.169 e. The number of ether oxygens (including phenoxy) is 1. The van der Waals surface area contributed by atoms with Gasteiger partial charge in [0.05, 0.1) is 11.8 Å². The number of hydrogen-bond acceptors (Lipinski definition) is 5. The quantitative estimate of drug-likeness (QED) is 0.849. The number of morpholine rings is 1. The number of nitriles is 1. The number of benzene rings is 1. The molecule has 0 saturated carbocycles. The number of rotatable bonds is 2. The molecule has 24 heavy (non-hydrogen) atoms. The van der Waals surface area contributed by atoms with Gasteiger partial charge in [-0.25, -0.2) is 4.39 Å².